The van der Waals surface area contributed by atoms with Gasteiger partial charge >= 0.3 is 0 Å². The van der Waals surface area contributed by atoms with Crippen molar-refractivity contribution in [3.8, 4) is 0 Å². The monoisotopic (exact) mass is 401 g/mol. The first-order valence-electron chi connectivity index (χ1n) is 6.12. The van der Waals surface area contributed by atoms with Crippen LogP contribution in [0, 0.1) is 0 Å². The van der Waals surface area contributed by atoms with Crippen molar-refractivity contribution < 1.29 is 5.11 Å². The molecule has 0 bridgehead atoms. The van der Waals surface area contributed by atoms with E-state index < -0.39 is 6.10 Å². The summed E-state index contributed by atoms with van der Waals surface area (Å²) >= 11 is 8.52. The Morgan fingerprint density at radius 3 is 2.84 bits per heavy atom. The quantitative estimate of drug-likeness (QED) is 0.760. The molecule has 0 spiro atoms. The lowest BCUT2D eigenvalue weighted by Crippen LogP contribution is -2.31. The van der Waals surface area contributed by atoms with E-state index in [2.05, 4.69) is 55.4 Å². The first-order chi connectivity index (χ1) is 9.15. The zero-order valence-corrected chi connectivity index (χ0v) is 14.1. The summed E-state index contributed by atoms with van der Waals surface area (Å²) in [5.74, 6) is 0. The van der Waals surface area contributed by atoms with E-state index in [0.29, 0.717) is 0 Å². The number of hydrogen-bond acceptors (Lipinski definition) is 3. The lowest BCUT2D eigenvalue weighted by Gasteiger charge is -2.30. The molecule has 0 saturated carbocycles. The van der Waals surface area contributed by atoms with Crippen LogP contribution in [-0.2, 0) is 6.42 Å². The Bertz CT molecular complexity index is 579. The first kappa shape index (κ1) is 13.6. The molecule has 1 aromatic heterocycles. The van der Waals surface area contributed by atoms with E-state index in [-0.39, 0.29) is 6.04 Å². The molecular weight excluding hydrogens is 390 g/mol. The summed E-state index contributed by atoms with van der Waals surface area (Å²) in [6.45, 7) is 0. The van der Waals surface area contributed by atoms with E-state index in [1.54, 1.807) is 11.3 Å². The van der Waals surface area contributed by atoms with Gasteiger partial charge in [0.2, 0.25) is 0 Å². The fourth-order valence-electron chi connectivity index (χ4n) is 2.41. The van der Waals surface area contributed by atoms with Crippen LogP contribution in [0.4, 0.5) is 5.69 Å². The maximum atomic E-state index is 10.5. The van der Waals surface area contributed by atoms with Crippen LogP contribution in [0.15, 0.2) is 38.6 Å². The number of aliphatic hydroxyl groups is 1. The van der Waals surface area contributed by atoms with E-state index in [1.165, 1.54) is 5.56 Å². The van der Waals surface area contributed by atoms with Gasteiger partial charge in [0.1, 0.15) is 6.10 Å². The number of benzene rings is 1. The Hall–Kier alpha value is -0.360. The molecule has 0 radical (unpaired) electrons. The summed E-state index contributed by atoms with van der Waals surface area (Å²) in [6, 6.07) is 10.4. The van der Waals surface area contributed by atoms with Gasteiger partial charge < -0.3 is 10.4 Å². The van der Waals surface area contributed by atoms with Crippen molar-refractivity contribution in [2.75, 3.05) is 5.32 Å². The molecule has 1 aliphatic rings. The zero-order chi connectivity index (χ0) is 13.4. The number of para-hydroxylation sites is 1. The number of halogens is 2. The Balaban J connectivity index is 1.81. The normalized spacial score (nSPS) is 19.6. The van der Waals surface area contributed by atoms with Gasteiger partial charge in [0, 0.05) is 15.0 Å². The number of aryl methyl sites for hydroxylation is 1. The summed E-state index contributed by atoms with van der Waals surface area (Å²) in [6.07, 6.45) is 1.49. The lowest BCUT2D eigenvalue weighted by molar-refractivity contribution is 0.152. The molecule has 2 N–H and O–H groups in total. The minimum absolute atomic E-state index is 0.0762. The van der Waals surface area contributed by atoms with E-state index in [4.69, 9.17) is 0 Å². The van der Waals surface area contributed by atoms with Crippen LogP contribution >= 0.6 is 43.2 Å². The van der Waals surface area contributed by atoms with Crippen molar-refractivity contribution in [3.05, 3.63) is 49.0 Å². The first-order valence-corrected chi connectivity index (χ1v) is 8.52. The van der Waals surface area contributed by atoms with Crippen molar-refractivity contribution in [3.63, 3.8) is 0 Å². The van der Waals surface area contributed by atoms with Gasteiger partial charge in [-0.15, -0.1) is 11.3 Å². The van der Waals surface area contributed by atoms with Crippen LogP contribution in [0.1, 0.15) is 23.0 Å². The molecule has 0 saturated heterocycles. The molecule has 2 heterocycles. The highest BCUT2D eigenvalue weighted by molar-refractivity contribution is 9.13. The van der Waals surface area contributed by atoms with Crippen LogP contribution in [0.2, 0.25) is 0 Å². The standard InChI is InChI=1S/C14H13Br2NOS/c15-9-7-12(19-14(9)16)13(18)11-6-5-8-3-1-2-4-10(8)17-11/h1-4,7,11,13,17-18H,5-6H2. The summed E-state index contributed by atoms with van der Waals surface area (Å²) < 4.78 is 2.03. The van der Waals surface area contributed by atoms with Gasteiger partial charge in [0.15, 0.2) is 0 Å². The molecule has 0 aliphatic carbocycles. The van der Waals surface area contributed by atoms with Gasteiger partial charge in [-0.1, -0.05) is 18.2 Å². The number of aliphatic hydroxyl groups excluding tert-OH is 1. The molecule has 3 rings (SSSR count). The summed E-state index contributed by atoms with van der Waals surface area (Å²) in [5, 5.41) is 14.0. The molecule has 2 unspecified atom stereocenters. The second-order valence-electron chi connectivity index (χ2n) is 4.66. The topological polar surface area (TPSA) is 32.3 Å². The summed E-state index contributed by atoms with van der Waals surface area (Å²) in [4.78, 5) is 0.982. The average molecular weight is 403 g/mol. The molecule has 100 valence electrons. The van der Waals surface area contributed by atoms with E-state index in [1.807, 2.05) is 12.1 Å². The van der Waals surface area contributed by atoms with Gasteiger partial charge in [0.05, 0.1) is 9.83 Å². The summed E-state index contributed by atoms with van der Waals surface area (Å²) in [7, 11) is 0. The summed E-state index contributed by atoms with van der Waals surface area (Å²) in [5.41, 5.74) is 2.48. The van der Waals surface area contributed by atoms with Gasteiger partial charge in [-0.3, -0.25) is 0 Å². The van der Waals surface area contributed by atoms with Gasteiger partial charge in [-0.2, -0.15) is 0 Å². The smallest absolute Gasteiger partial charge is 0.108 e. The largest absolute Gasteiger partial charge is 0.385 e. The molecule has 2 nitrogen and oxygen atoms in total. The van der Waals surface area contributed by atoms with Crippen LogP contribution in [0.5, 0.6) is 0 Å². The predicted molar refractivity (Wildman–Crippen MR) is 86.9 cm³/mol. The fraction of sp³-hybridized carbons (Fsp3) is 0.286. The predicted octanol–water partition coefficient (Wildman–Crippen LogP) is 4.73. The third-order valence-corrected chi connectivity index (χ3v) is 6.75. The number of nitrogens with one attached hydrogen (secondary N) is 1. The van der Waals surface area contributed by atoms with E-state index >= 15 is 0 Å². The molecule has 1 aliphatic heterocycles. The van der Waals surface area contributed by atoms with E-state index in [0.717, 1.165) is 31.7 Å². The maximum absolute atomic E-state index is 10.5. The van der Waals surface area contributed by atoms with E-state index in [9.17, 15) is 5.11 Å². The number of anilines is 1. The molecule has 0 amide bonds. The van der Waals surface area contributed by atoms with Crippen molar-refractivity contribution in [2.24, 2.45) is 0 Å². The second-order valence-corrected chi connectivity index (χ2v) is 7.92. The molecule has 19 heavy (non-hydrogen) atoms. The lowest BCUT2D eigenvalue weighted by atomic mass is 9.94. The minimum Gasteiger partial charge on any atom is -0.385 e. The fourth-order valence-corrected chi connectivity index (χ4v) is 4.55. The highest BCUT2D eigenvalue weighted by Crippen LogP contribution is 2.38. The molecular formula is C14H13Br2NOS. The number of hydrogen-bond donors (Lipinski definition) is 2. The molecule has 2 aromatic rings. The Kier molecular flexibility index (Phi) is 3.98. The zero-order valence-electron chi connectivity index (χ0n) is 10.1. The Morgan fingerprint density at radius 1 is 1.32 bits per heavy atom. The molecule has 2 atom stereocenters. The SMILES string of the molecule is OC(c1cc(Br)c(Br)s1)C1CCc2ccccc2N1. The van der Waals surface area contributed by atoms with Crippen molar-refractivity contribution in [1.29, 1.82) is 0 Å². The number of rotatable bonds is 2. The second kappa shape index (κ2) is 5.56. The molecule has 0 fully saturated rings. The van der Waals surface area contributed by atoms with Crippen molar-refractivity contribution >= 4 is 48.9 Å². The molecule has 1 aromatic carbocycles. The highest BCUT2D eigenvalue weighted by Gasteiger charge is 2.26. The van der Waals surface area contributed by atoms with Crippen molar-refractivity contribution in [2.45, 2.75) is 25.0 Å². The number of thiophene rings is 1. The minimum atomic E-state index is -0.471. The van der Waals surface area contributed by atoms with Crippen LogP contribution in [0.3, 0.4) is 0 Å². The third kappa shape index (κ3) is 2.75. The third-order valence-electron chi connectivity index (χ3n) is 3.42. The number of fused-ring (bicyclic) bond motifs is 1. The average Bonchev–Trinajstić information content (AvgIpc) is 2.77. The van der Waals surface area contributed by atoms with Crippen LogP contribution < -0.4 is 5.32 Å². The maximum Gasteiger partial charge on any atom is 0.108 e. The van der Waals surface area contributed by atoms with Crippen molar-refractivity contribution in [1.82, 2.24) is 0 Å². The Morgan fingerprint density at radius 2 is 2.11 bits per heavy atom. The van der Waals surface area contributed by atoms with Crippen LogP contribution in [0.25, 0.3) is 0 Å². The van der Waals surface area contributed by atoms with Crippen LogP contribution in [-0.4, -0.2) is 11.1 Å². The van der Waals surface area contributed by atoms with Gasteiger partial charge in [0.25, 0.3) is 0 Å². The molecule has 5 heteroatoms. The Labute approximate surface area is 133 Å². The van der Waals surface area contributed by atoms with Gasteiger partial charge in [-0.05, 0) is 62.4 Å². The highest BCUT2D eigenvalue weighted by atomic mass is 79.9. The van der Waals surface area contributed by atoms with Gasteiger partial charge in [-0.25, -0.2) is 0 Å².